The van der Waals surface area contributed by atoms with E-state index in [1.807, 2.05) is 18.2 Å². The summed E-state index contributed by atoms with van der Waals surface area (Å²) < 4.78 is 5.14. The van der Waals surface area contributed by atoms with Crippen molar-refractivity contribution in [1.29, 1.82) is 0 Å². The summed E-state index contributed by atoms with van der Waals surface area (Å²) in [6.45, 7) is 2.31. The fourth-order valence-electron chi connectivity index (χ4n) is 2.09. The van der Waals surface area contributed by atoms with E-state index in [1.165, 1.54) is 0 Å². The van der Waals surface area contributed by atoms with E-state index in [1.54, 1.807) is 37.4 Å². The molecule has 0 N–H and O–H groups in total. The number of hydrogen-bond donors (Lipinski definition) is 0. The predicted octanol–water partition coefficient (Wildman–Crippen LogP) is 2.35. The van der Waals surface area contributed by atoms with Crippen LogP contribution in [-0.2, 0) is 16.1 Å². The minimum Gasteiger partial charge on any atom is -0.383 e. The lowest BCUT2D eigenvalue weighted by Gasteiger charge is -2.22. The minimum atomic E-state index is 0.0830. The lowest BCUT2D eigenvalue weighted by molar-refractivity contribution is -0.130. The smallest absolute Gasteiger partial charge is 0.236 e. The third-order valence-electron chi connectivity index (χ3n) is 3.43. The van der Waals surface area contributed by atoms with Crippen molar-refractivity contribution in [3.05, 3.63) is 41.4 Å². The number of carbonyl (C=O) groups excluding carboxylic acids is 1. The zero-order valence-corrected chi connectivity index (χ0v) is 14.7. The Bertz CT molecular complexity index is 613. The minimum absolute atomic E-state index is 0.0830. The van der Waals surface area contributed by atoms with Crippen LogP contribution in [0.3, 0.4) is 0 Å². The maximum atomic E-state index is 12.0. The van der Waals surface area contributed by atoms with E-state index < -0.39 is 0 Å². The van der Waals surface area contributed by atoms with Gasteiger partial charge in [0.15, 0.2) is 0 Å². The molecule has 0 bridgehead atoms. The molecule has 1 heterocycles. The van der Waals surface area contributed by atoms with Gasteiger partial charge in [-0.05, 0) is 0 Å². The molecule has 1 aromatic carbocycles. The average molecular weight is 333 g/mol. The van der Waals surface area contributed by atoms with Crippen molar-refractivity contribution in [3.8, 4) is 10.6 Å². The summed E-state index contributed by atoms with van der Waals surface area (Å²) >= 11 is 1.63. The van der Waals surface area contributed by atoms with Gasteiger partial charge in [-0.15, -0.1) is 11.3 Å². The number of rotatable bonds is 8. The van der Waals surface area contributed by atoms with Crippen LogP contribution in [0, 0.1) is 0 Å². The summed E-state index contributed by atoms with van der Waals surface area (Å²) in [4.78, 5) is 20.3. The van der Waals surface area contributed by atoms with E-state index in [0.29, 0.717) is 26.2 Å². The van der Waals surface area contributed by atoms with Crippen molar-refractivity contribution in [2.75, 3.05) is 40.9 Å². The molecule has 0 radical (unpaired) electrons. The first-order chi connectivity index (χ1) is 11.1. The van der Waals surface area contributed by atoms with E-state index in [-0.39, 0.29) is 5.91 Å². The number of methoxy groups -OCH3 is 1. The number of nitrogens with zero attached hydrogens (tertiary/aromatic N) is 3. The van der Waals surface area contributed by atoms with E-state index >= 15 is 0 Å². The summed E-state index contributed by atoms with van der Waals surface area (Å²) in [5.41, 5.74) is 2.10. The van der Waals surface area contributed by atoms with E-state index in [9.17, 15) is 4.79 Å². The Kier molecular flexibility index (Phi) is 6.70. The van der Waals surface area contributed by atoms with Crippen LogP contribution >= 0.6 is 11.3 Å². The Labute approximate surface area is 141 Å². The maximum Gasteiger partial charge on any atom is 0.236 e. The molecule has 1 amide bonds. The normalized spacial score (nSPS) is 11.0. The van der Waals surface area contributed by atoms with Crippen LogP contribution in [0.25, 0.3) is 10.6 Å². The third kappa shape index (κ3) is 5.42. The Morgan fingerprint density at radius 1 is 1.26 bits per heavy atom. The van der Waals surface area contributed by atoms with Gasteiger partial charge in [0.05, 0.1) is 18.8 Å². The van der Waals surface area contributed by atoms with E-state index in [4.69, 9.17) is 9.72 Å². The summed E-state index contributed by atoms with van der Waals surface area (Å²) in [7, 11) is 5.21. The molecule has 0 unspecified atom stereocenters. The first-order valence-corrected chi connectivity index (χ1v) is 8.39. The average Bonchev–Trinajstić information content (AvgIpc) is 3.01. The molecule has 0 atom stereocenters. The summed E-state index contributed by atoms with van der Waals surface area (Å²) in [5, 5.41) is 3.06. The molecule has 0 saturated carbocycles. The number of likely N-dealkylation sites (N-methyl/N-ethyl adjacent to an activating group) is 1. The molecule has 23 heavy (non-hydrogen) atoms. The molecule has 2 rings (SSSR count). The van der Waals surface area contributed by atoms with Gasteiger partial charge in [0.2, 0.25) is 5.91 Å². The Hall–Kier alpha value is -1.76. The molecule has 5 nitrogen and oxygen atoms in total. The molecule has 0 aliphatic heterocycles. The van der Waals surface area contributed by atoms with Crippen molar-refractivity contribution < 1.29 is 9.53 Å². The molecule has 0 aliphatic carbocycles. The first-order valence-electron chi connectivity index (χ1n) is 7.51. The van der Waals surface area contributed by atoms with Crippen LogP contribution in [0.2, 0.25) is 0 Å². The van der Waals surface area contributed by atoms with Gasteiger partial charge < -0.3 is 9.64 Å². The SMILES string of the molecule is COCCN(CC(=O)N(C)C)Cc1csc(-c2ccccc2)n1. The molecule has 2 aromatic rings. The molecular weight excluding hydrogens is 310 g/mol. The number of carbonyl (C=O) groups is 1. The highest BCUT2D eigenvalue weighted by atomic mass is 32.1. The summed E-state index contributed by atoms with van der Waals surface area (Å²) in [5.74, 6) is 0.0830. The third-order valence-corrected chi connectivity index (χ3v) is 4.37. The monoisotopic (exact) mass is 333 g/mol. The van der Waals surface area contributed by atoms with Gasteiger partial charge >= 0.3 is 0 Å². The van der Waals surface area contributed by atoms with Crippen LogP contribution in [0.4, 0.5) is 0 Å². The van der Waals surface area contributed by atoms with Crippen molar-refractivity contribution in [3.63, 3.8) is 0 Å². The first kappa shape index (κ1) is 17.6. The van der Waals surface area contributed by atoms with E-state index in [2.05, 4.69) is 22.4 Å². The Morgan fingerprint density at radius 2 is 2.00 bits per heavy atom. The van der Waals surface area contributed by atoms with Crippen LogP contribution in [0.1, 0.15) is 5.69 Å². The van der Waals surface area contributed by atoms with Crippen molar-refractivity contribution in [2.24, 2.45) is 0 Å². The van der Waals surface area contributed by atoms with Gasteiger partial charge in [0.1, 0.15) is 5.01 Å². The van der Waals surface area contributed by atoms with Crippen LogP contribution in [0.15, 0.2) is 35.7 Å². The molecule has 0 fully saturated rings. The predicted molar refractivity (Wildman–Crippen MR) is 93.4 cm³/mol. The fraction of sp³-hybridized carbons (Fsp3) is 0.412. The van der Waals surface area contributed by atoms with Crippen LogP contribution < -0.4 is 0 Å². The zero-order chi connectivity index (χ0) is 16.7. The van der Waals surface area contributed by atoms with Gasteiger partial charge in [-0.1, -0.05) is 30.3 Å². The van der Waals surface area contributed by atoms with Crippen molar-refractivity contribution in [1.82, 2.24) is 14.8 Å². The zero-order valence-electron chi connectivity index (χ0n) is 13.9. The Morgan fingerprint density at radius 3 is 2.65 bits per heavy atom. The van der Waals surface area contributed by atoms with Gasteiger partial charge in [0.25, 0.3) is 0 Å². The van der Waals surface area contributed by atoms with E-state index in [0.717, 1.165) is 16.3 Å². The van der Waals surface area contributed by atoms with Gasteiger partial charge in [-0.25, -0.2) is 4.98 Å². The largest absolute Gasteiger partial charge is 0.383 e. The molecule has 0 spiro atoms. The molecule has 0 saturated heterocycles. The number of benzene rings is 1. The molecule has 124 valence electrons. The number of ether oxygens (including phenoxy) is 1. The van der Waals surface area contributed by atoms with Crippen LogP contribution in [-0.4, -0.2) is 61.6 Å². The highest BCUT2D eigenvalue weighted by molar-refractivity contribution is 7.13. The second-order valence-corrected chi connectivity index (χ2v) is 6.36. The molecule has 1 aromatic heterocycles. The number of aromatic nitrogens is 1. The van der Waals surface area contributed by atoms with Gasteiger partial charge in [-0.3, -0.25) is 9.69 Å². The lowest BCUT2D eigenvalue weighted by Crippen LogP contribution is -2.38. The highest BCUT2D eigenvalue weighted by Crippen LogP contribution is 2.23. The topological polar surface area (TPSA) is 45.7 Å². The maximum absolute atomic E-state index is 12.0. The number of amides is 1. The number of hydrogen-bond acceptors (Lipinski definition) is 5. The van der Waals surface area contributed by atoms with Gasteiger partial charge in [0, 0.05) is 45.2 Å². The standard InChI is InChI=1S/C17H23N3O2S/c1-19(2)16(21)12-20(9-10-22-3)11-15-13-23-17(18-15)14-7-5-4-6-8-14/h4-8,13H,9-12H2,1-3H3. The second kappa shape index (κ2) is 8.76. The highest BCUT2D eigenvalue weighted by Gasteiger charge is 2.14. The fourth-order valence-corrected chi connectivity index (χ4v) is 2.91. The molecule has 6 heteroatoms. The van der Waals surface area contributed by atoms with Crippen molar-refractivity contribution >= 4 is 17.2 Å². The van der Waals surface area contributed by atoms with Crippen molar-refractivity contribution in [2.45, 2.75) is 6.54 Å². The summed E-state index contributed by atoms with van der Waals surface area (Å²) in [6.07, 6.45) is 0. The van der Waals surface area contributed by atoms with Crippen LogP contribution in [0.5, 0.6) is 0 Å². The summed E-state index contributed by atoms with van der Waals surface area (Å²) in [6, 6.07) is 10.1. The molecule has 0 aliphatic rings. The molecular formula is C17H23N3O2S. The number of thiazole rings is 1. The lowest BCUT2D eigenvalue weighted by atomic mass is 10.2. The quantitative estimate of drug-likeness (QED) is 0.744. The van der Waals surface area contributed by atoms with Gasteiger partial charge in [-0.2, -0.15) is 0 Å². The Balaban J connectivity index is 2.04. The second-order valence-electron chi connectivity index (χ2n) is 5.50.